The quantitative estimate of drug-likeness (QED) is 0.817. The highest BCUT2D eigenvalue weighted by molar-refractivity contribution is 7.88. The van der Waals surface area contributed by atoms with E-state index < -0.39 is 15.4 Å². The Morgan fingerprint density at radius 2 is 1.78 bits per heavy atom. The van der Waals surface area contributed by atoms with Crippen LogP contribution in [0.5, 0.6) is 0 Å². The van der Waals surface area contributed by atoms with Gasteiger partial charge in [0.2, 0.25) is 15.9 Å². The van der Waals surface area contributed by atoms with Crippen LogP contribution in [0, 0.1) is 0 Å². The molecule has 1 unspecified atom stereocenters. The van der Waals surface area contributed by atoms with E-state index in [0.29, 0.717) is 19.5 Å². The van der Waals surface area contributed by atoms with Crippen molar-refractivity contribution in [3.8, 4) is 0 Å². The number of nitrogens with zero attached hydrogens (tertiary/aromatic N) is 2. The van der Waals surface area contributed by atoms with Crippen molar-refractivity contribution in [3.63, 3.8) is 0 Å². The molecule has 2 aliphatic rings. The minimum absolute atomic E-state index is 0.00689. The Morgan fingerprint density at radius 3 is 2.48 bits per heavy atom. The van der Waals surface area contributed by atoms with Gasteiger partial charge in [-0.3, -0.25) is 4.79 Å². The molecule has 0 aromatic heterocycles. The molecule has 2 aromatic rings. The number of benzene rings is 2. The van der Waals surface area contributed by atoms with E-state index >= 15 is 0 Å². The smallest absolute Gasteiger partial charge is 0.239 e. The van der Waals surface area contributed by atoms with Crippen molar-refractivity contribution in [1.82, 2.24) is 4.31 Å². The van der Waals surface area contributed by atoms with Crippen LogP contribution in [0.3, 0.4) is 0 Å². The topological polar surface area (TPSA) is 57.7 Å². The van der Waals surface area contributed by atoms with Gasteiger partial charge in [0, 0.05) is 25.3 Å². The summed E-state index contributed by atoms with van der Waals surface area (Å²) in [4.78, 5) is 15.2. The number of hydrogen-bond donors (Lipinski definition) is 0. The van der Waals surface area contributed by atoms with Gasteiger partial charge in [0.1, 0.15) is 0 Å². The summed E-state index contributed by atoms with van der Waals surface area (Å²) >= 11 is 0. The highest BCUT2D eigenvalue weighted by atomic mass is 32.2. The molecule has 1 spiro atoms. The number of anilines is 1. The fourth-order valence-corrected chi connectivity index (χ4v) is 4.97. The van der Waals surface area contributed by atoms with E-state index in [1.54, 1.807) is 4.90 Å². The Balaban J connectivity index is 1.64. The van der Waals surface area contributed by atoms with Gasteiger partial charge in [0.25, 0.3) is 0 Å². The molecular weight excluding hydrogens is 360 g/mol. The van der Waals surface area contributed by atoms with Gasteiger partial charge >= 0.3 is 0 Å². The predicted octanol–water partition coefficient (Wildman–Crippen LogP) is 2.65. The minimum atomic E-state index is -3.31. The molecule has 5 nitrogen and oxygen atoms in total. The van der Waals surface area contributed by atoms with Crippen LogP contribution in [0.15, 0.2) is 60.7 Å². The molecule has 2 heterocycles. The lowest BCUT2D eigenvalue weighted by Gasteiger charge is -2.23. The number of carbonyl (C=O) groups excluding carboxylic acids is 1. The van der Waals surface area contributed by atoms with Crippen molar-refractivity contribution < 1.29 is 13.2 Å². The Labute approximate surface area is 160 Å². The van der Waals surface area contributed by atoms with Crippen molar-refractivity contribution in [2.75, 3.05) is 30.8 Å². The number of hydrogen-bond acceptors (Lipinski definition) is 3. The Hall–Kier alpha value is -2.44. The average Bonchev–Trinajstić information content (AvgIpc) is 3.20. The summed E-state index contributed by atoms with van der Waals surface area (Å²) in [7, 11) is -3.31. The third-order valence-electron chi connectivity index (χ3n) is 5.47. The first-order chi connectivity index (χ1) is 12.9. The summed E-state index contributed by atoms with van der Waals surface area (Å²) in [5, 5.41) is 0. The van der Waals surface area contributed by atoms with E-state index in [1.165, 1.54) is 10.6 Å². The summed E-state index contributed by atoms with van der Waals surface area (Å²) < 4.78 is 25.4. The monoisotopic (exact) mass is 382 g/mol. The van der Waals surface area contributed by atoms with E-state index in [0.717, 1.165) is 16.8 Å². The van der Waals surface area contributed by atoms with Crippen LogP contribution < -0.4 is 4.90 Å². The van der Waals surface area contributed by atoms with Gasteiger partial charge < -0.3 is 4.90 Å². The molecule has 140 valence electrons. The third kappa shape index (κ3) is 3.09. The van der Waals surface area contributed by atoms with Crippen molar-refractivity contribution in [1.29, 1.82) is 0 Å². The molecule has 27 heavy (non-hydrogen) atoms. The molecule has 0 saturated carbocycles. The van der Waals surface area contributed by atoms with Gasteiger partial charge in [0.05, 0.1) is 11.7 Å². The average molecular weight is 382 g/mol. The summed E-state index contributed by atoms with van der Waals surface area (Å²) in [6, 6.07) is 17.7. The number of fused-ring (bicyclic) bond motifs is 2. The maximum absolute atomic E-state index is 13.4. The Bertz CT molecular complexity index is 1000. The van der Waals surface area contributed by atoms with E-state index in [-0.39, 0.29) is 12.5 Å². The molecule has 4 rings (SSSR count). The van der Waals surface area contributed by atoms with Gasteiger partial charge in [-0.25, -0.2) is 12.7 Å². The normalized spacial score (nSPS) is 22.9. The van der Waals surface area contributed by atoms with Crippen LogP contribution in [-0.4, -0.2) is 44.5 Å². The summed E-state index contributed by atoms with van der Waals surface area (Å²) in [5.41, 5.74) is 2.14. The van der Waals surface area contributed by atoms with Gasteiger partial charge in [0.15, 0.2) is 0 Å². The highest BCUT2D eigenvalue weighted by Crippen LogP contribution is 2.47. The predicted molar refractivity (Wildman–Crippen MR) is 107 cm³/mol. The van der Waals surface area contributed by atoms with Crippen molar-refractivity contribution in [3.05, 3.63) is 71.8 Å². The molecule has 1 fully saturated rings. The largest absolute Gasteiger partial charge is 0.307 e. The van der Waals surface area contributed by atoms with Gasteiger partial charge in [-0.2, -0.15) is 0 Å². The lowest BCUT2D eigenvalue weighted by molar-refractivity contribution is -0.122. The molecule has 1 saturated heterocycles. The summed E-state index contributed by atoms with van der Waals surface area (Å²) in [6.45, 7) is 1.07. The fraction of sp³-hybridized carbons (Fsp3) is 0.286. The van der Waals surface area contributed by atoms with E-state index in [9.17, 15) is 13.2 Å². The summed E-state index contributed by atoms with van der Waals surface area (Å²) in [5.74, 6) is -0.00689. The highest BCUT2D eigenvalue weighted by Gasteiger charge is 2.55. The first-order valence-electron chi connectivity index (χ1n) is 9.00. The van der Waals surface area contributed by atoms with E-state index in [4.69, 9.17) is 0 Å². The molecule has 1 amide bonds. The second-order valence-corrected chi connectivity index (χ2v) is 9.16. The first-order valence-corrected chi connectivity index (χ1v) is 10.8. The van der Waals surface area contributed by atoms with Crippen molar-refractivity contribution >= 4 is 27.7 Å². The van der Waals surface area contributed by atoms with Gasteiger partial charge in [-0.05, 0) is 23.6 Å². The fourth-order valence-electron chi connectivity index (χ4n) is 4.09. The lowest BCUT2D eigenvalue weighted by Crippen LogP contribution is -2.43. The molecule has 2 aromatic carbocycles. The number of sulfonamides is 1. The molecule has 2 aliphatic heterocycles. The van der Waals surface area contributed by atoms with Gasteiger partial charge in [-0.1, -0.05) is 60.7 Å². The van der Waals surface area contributed by atoms with Crippen molar-refractivity contribution in [2.45, 2.75) is 11.8 Å². The lowest BCUT2D eigenvalue weighted by atomic mass is 9.81. The van der Waals surface area contributed by atoms with Crippen LogP contribution in [0.2, 0.25) is 0 Å². The van der Waals surface area contributed by atoms with E-state index in [1.807, 2.05) is 66.7 Å². The zero-order valence-electron chi connectivity index (χ0n) is 15.2. The minimum Gasteiger partial charge on any atom is -0.307 e. The van der Waals surface area contributed by atoms with Crippen molar-refractivity contribution in [2.24, 2.45) is 0 Å². The molecule has 0 N–H and O–H groups in total. The van der Waals surface area contributed by atoms with Crippen LogP contribution in [0.25, 0.3) is 6.08 Å². The van der Waals surface area contributed by atoms with Gasteiger partial charge in [-0.15, -0.1) is 0 Å². The second-order valence-electron chi connectivity index (χ2n) is 7.17. The third-order valence-corrected chi connectivity index (χ3v) is 6.72. The number of amides is 1. The van der Waals surface area contributed by atoms with E-state index in [2.05, 4.69) is 0 Å². The Kier molecular flexibility index (Phi) is 4.40. The molecule has 0 radical (unpaired) electrons. The maximum atomic E-state index is 13.4. The Morgan fingerprint density at radius 1 is 1.07 bits per heavy atom. The molecule has 6 heteroatoms. The van der Waals surface area contributed by atoms with Crippen LogP contribution in [0.1, 0.15) is 17.5 Å². The van der Waals surface area contributed by atoms with Crippen LogP contribution in [0.4, 0.5) is 5.69 Å². The molecule has 1 atom stereocenters. The first kappa shape index (κ1) is 17.9. The number of para-hydroxylation sites is 1. The zero-order chi connectivity index (χ0) is 19.1. The SMILES string of the molecule is CS(=O)(=O)N1CCC2(C1)C(=O)N(C/C=C/c1ccccc1)c1ccccc12. The standard InChI is InChI=1S/C21H22N2O3S/c1-27(25,26)22-15-13-21(16-22)18-11-5-6-12-19(18)23(20(21)24)14-7-10-17-8-3-2-4-9-17/h2-12H,13-16H2,1H3/b10-7+. The zero-order valence-corrected chi connectivity index (χ0v) is 16.0. The summed E-state index contributed by atoms with van der Waals surface area (Å²) in [6.07, 6.45) is 5.71. The number of carbonyl (C=O) groups is 1. The molecular formula is C21H22N2O3S. The maximum Gasteiger partial charge on any atom is 0.239 e. The van der Waals surface area contributed by atoms with Crippen LogP contribution in [-0.2, 0) is 20.2 Å². The molecule has 0 bridgehead atoms. The van der Waals surface area contributed by atoms with Crippen LogP contribution >= 0.6 is 0 Å². The molecule has 0 aliphatic carbocycles. The second kappa shape index (κ2) is 6.62. The number of rotatable bonds is 4.